The van der Waals surface area contributed by atoms with Gasteiger partial charge in [-0.1, -0.05) is 18.2 Å². The highest BCUT2D eigenvalue weighted by Gasteiger charge is 2.10. The summed E-state index contributed by atoms with van der Waals surface area (Å²) < 4.78 is 0. The Labute approximate surface area is 70.4 Å². The van der Waals surface area contributed by atoms with Gasteiger partial charge in [-0.15, -0.1) is 0 Å². The van der Waals surface area contributed by atoms with Crippen LogP contribution in [0.1, 0.15) is 20.7 Å². The second-order valence-corrected chi connectivity index (χ2v) is 2.36. The van der Waals surface area contributed by atoms with E-state index in [9.17, 15) is 9.59 Å². The van der Waals surface area contributed by atoms with E-state index in [0.29, 0.717) is 17.4 Å². The minimum atomic E-state index is -0.113. The Morgan fingerprint density at radius 1 is 1.42 bits per heavy atom. The molecule has 0 fully saturated rings. The van der Waals surface area contributed by atoms with E-state index < -0.39 is 0 Å². The van der Waals surface area contributed by atoms with Gasteiger partial charge in [0.2, 0.25) is 0 Å². The number of quaternary nitrogens is 1. The average molecular weight is 164 g/mol. The molecule has 12 heavy (non-hydrogen) atoms. The van der Waals surface area contributed by atoms with Gasteiger partial charge < -0.3 is 0 Å². The molecule has 0 aliphatic rings. The Morgan fingerprint density at radius 2 is 2.08 bits per heavy atom. The van der Waals surface area contributed by atoms with Gasteiger partial charge in [-0.2, -0.15) is 0 Å². The van der Waals surface area contributed by atoms with E-state index in [4.69, 9.17) is 0 Å². The lowest BCUT2D eigenvalue weighted by Gasteiger charge is -1.97. The minimum absolute atomic E-state index is 0.113. The molecule has 0 bridgehead atoms. The molecule has 3 heteroatoms. The largest absolute Gasteiger partial charge is 0.343 e. The third-order valence-electron chi connectivity index (χ3n) is 1.62. The zero-order valence-corrected chi connectivity index (χ0v) is 6.78. The van der Waals surface area contributed by atoms with Crippen molar-refractivity contribution in [2.75, 3.05) is 7.05 Å². The molecule has 0 aliphatic heterocycles. The van der Waals surface area contributed by atoms with E-state index in [2.05, 4.69) is 0 Å². The first-order chi connectivity index (χ1) is 5.79. The van der Waals surface area contributed by atoms with Gasteiger partial charge in [0.25, 0.3) is 0 Å². The Hall–Kier alpha value is -1.48. The molecule has 0 saturated carbocycles. The summed E-state index contributed by atoms with van der Waals surface area (Å²) >= 11 is 0. The van der Waals surface area contributed by atoms with Crippen LogP contribution in [0.25, 0.3) is 0 Å². The van der Waals surface area contributed by atoms with Crippen molar-refractivity contribution >= 4 is 12.2 Å². The molecule has 1 rings (SSSR count). The molecule has 0 spiro atoms. The number of rotatable bonds is 2. The molecule has 2 N–H and O–H groups in total. The van der Waals surface area contributed by atoms with E-state index in [1.165, 1.54) is 5.32 Å². The molecule has 1 aromatic carbocycles. The Bertz CT molecular complexity index is 307. The summed E-state index contributed by atoms with van der Waals surface area (Å²) in [6, 6.07) is 6.75. The van der Waals surface area contributed by atoms with Gasteiger partial charge in [-0.25, -0.2) is 4.79 Å². The van der Waals surface area contributed by atoms with Crippen molar-refractivity contribution in [1.82, 2.24) is 0 Å². The van der Waals surface area contributed by atoms with Crippen molar-refractivity contribution in [3.63, 3.8) is 0 Å². The van der Waals surface area contributed by atoms with Crippen molar-refractivity contribution in [2.45, 2.75) is 0 Å². The third-order valence-corrected chi connectivity index (χ3v) is 1.62. The van der Waals surface area contributed by atoms with Gasteiger partial charge in [-0.05, 0) is 6.07 Å². The lowest BCUT2D eigenvalue weighted by molar-refractivity contribution is -0.523. The Balaban J connectivity index is 3.13. The number of carbonyl (C=O) groups is 2. The normalized spacial score (nSPS) is 9.42. The predicted octanol–water partition coefficient (Wildman–Crippen LogP) is -0.168. The zero-order chi connectivity index (χ0) is 8.97. The number of nitrogens with two attached hydrogens (primary N) is 1. The first-order valence-corrected chi connectivity index (χ1v) is 3.67. The quantitative estimate of drug-likeness (QED) is 0.617. The molecule has 0 unspecified atom stereocenters. The number of carbonyl (C=O) groups excluding carboxylic acids is 2. The maximum absolute atomic E-state index is 11.2. The second-order valence-electron chi connectivity index (χ2n) is 2.36. The number of hydrogen-bond donors (Lipinski definition) is 1. The van der Waals surface area contributed by atoms with Crippen molar-refractivity contribution < 1.29 is 14.9 Å². The summed E-state index contributed by atoms with van der Waals surface area (Å²) in [5, 5.41) is 1.45. The fourth-order valence-electron chi connectivity index (χ4n) is 0.980. The van der Waals surface area contributed by atoms with Gasteiger partial charge in [0.15, 0.2) is 6.29 Å². The first kappa shape index (κ1) is 8.62. The molecule has 62 valence electrons. The summed E-state index contributed by atoms with van der Waals surface area (Å²) in [7, 11) is 1.66. The number of primary amides is 1. The van der Waals surface area contributed by atoms with E-state index in [1.807, 2.05) is 0 Å². The summed E-state index contributed by atoms with van der Waals surface area (Å²) in [4.78, 5) is 21.7. The number of benzene rings is 1. The number of aldehydes is 1. The van der Waals surface area contributed by atoms with Crippen LogP contribution < -0.4 is 5.32 Å². The van der Waals surface area contributed by atoms with Crippen molar-refractivity contribution in [3.8, 4) is 0 Å². The van der Waals surface area contributed by atoms with Crippen LogP contribution in [0.5, 0.6) is 0 Å². The third kappa shape index (κ3) is 1.57. The average Bonchev–Trinajstić information content (AvgIpc) is 2.16. The van der Waals surface area contributed by atoms with Gasteiger partial charge in [-0.3, -0.25) is 10.1 Å². The summed E-state index contributed by atoms with van der Waals surface area (Å²) in [5.41, 5.74) is 0.913. The number of hydrogen-bond acceptors (Lipinski definition) is 2. The molecule has 0 aromatic heterocycles. The van der Waals surface area contributed by atoms with E-state index in [1.54, 1.807) is 31.3 Å². The number of amides is 1. The molecular formula is C9H10NO2+. The molecule has 0 heterocycles. The van der Waals surface area contributed by atoms with Crippen LogP contribution >= 0.6 is 0 Å². The second kappa shape index (κ2) is 3.78. The van der Waals surface area contributed by atoms with Crippen LogP contribution in [0.4, 0.5) is 0 Å². The lowest BCUT2D eigenvalue weighted by Crippen LogP contribution is -2.84. The molecule has 3 nitrogen and oxygen atoms in total. The van der Waals surface area contributed by atoms with Crippen LogP contribution in [0.3, 0.4) is 0 Å². The summed E-state index contributed by atoms with van der Waals surface area (Å²) in [6.07, 6.45) is 0.691. The minimum Gasteiger partial charge on any atom is -0.298 e. The topological polar surface area (TPSA) is 50.8 Å². The Kier molecular flexibility index (Phi) is 2.71. The highest BCUT2D eigenvalue weighted by molar-refractivity contribution is 5.96. The predicted molar refractivity (Wildman–Crippen MR) is 44.0 cm³/mol. The maximum Gasteiger partial charge on any atom is 0.343 e. The Morgan fingerprint density at radius 3 is 2.67 bits per heavy atom. The maximum atomic E-state index is 11.2. The van der Waals surface area contributed by atoms with Crippen LogP contribution in [0.2, 0.25) is 0 Å². The van der Waals surface area contributed by atoms with E-state index in [-0.39, 0.29) is 5.91 Å². The van der Waals surface area contributed by atoms with Crippen LogP contribution in [0.15, 0.2) is 24.3 Å². The molecule has 0 atom stereocenters. The lowest BCUT2D eigenvalue weighted by atomic mass is 10.1. The van der Waals surface area contributed by atoms with Gasteiger partial charge >= 0.3 is 5.91 Å². The van der Waals surface area contributed by atoms with Gasteiger partial charge in [0.05, 0.1) is 12.6 Å². The van der Waals surface area contributed by atoms with Crippen molar-refractivity contribution in [2.24, 2.45) is 0 Å². The first-order valence-electron chi connectivity index (χ1n) is 3.67. The van der Waals surface area contributed by atoms with Crippen LogP contribution in [-0.4, -0.2) is 19.2 Å². The molecular weight excluding hydrogens is 154 g/mol. The summed E-state index contributed by atoms with van der Waals surface area (Å²) in [5.74, 6) is -0.113. The molecule has 0 aliphatic carbocycles. The van der Waals surface area contributed by atoms with Crippen LogP contribution in [-0.2, 0) is 0 Å². The molecule has 0 saturated heterocycles. The van der Waals surface area contributed by atoms with Gasteiger partial charge in [0.1, 0.15) is 0 Å². The molecule has 1 amide bonds. The fraction of sp³-hybridized carbons (Fsp3) is 0.111. The fourth-order valence-corrected chi connectivity index (χ4v) is 0.980. The molecule has 1 aromatic rings. The van der Waals surface area contributed by atoms with Crippen molar-refractivity contribution in [3.05, 3.63) is 35.4 Å². The van der Waals surface area contributed by atoms with Crippen LogP contribution in [0, 0.1) is 0 Å². The van der Waals surface area contributed by atoms with Crippen molar-refractivity contribution in [1.29, 1.82) is 0 Å². The summed E-state index contributed by atoms with van der Waals surface area (Å²) in [6.45, 7) is 0. The van der Waals surface area contributed by atoms with Gasteiger partial charge in [0, 0.05) is 5.56 Å². The highest BCUT2D eigenvalue weighted by atomic mass is 16.1. The van der Waals surface area contributed by atoms with E-state index >= 15 is 0 Å². The smallest absolute Gasteiger partial charge is 0.298 e. The van der Waals surface area contributed by atoms with E-state index in [0.717, 1.165) is 0 Å². The standard InChI is InChI=1S/C9H9NO2/c1-10-9(12)8-5-3-2-4-7(8)6-11/h2-6H,1H3,(H,10,12)/p+1. The highest BCUT2D eigenvalue weighted by Crippen LogP contribution is 2.03. The SMILES string of the molecule is C[NH2+]C(=O)c1ccccc1C=O. The monoisotopic (exact) mass is 164 g/mol. The zero-order valence-electron chi connectivity index (χ0n) is 6.78. The molecule has 0 radical (unpaired) electrons.